The van der Waals surface area contributed by atoms with Crippen LogP contribution < -0.4 is 0 Å². The van der Waals surface area contributed by atoms with E-state index in [1.54, 1.807) is 0 Å². The highest BCUT2D eigenvalue weighted by Crippen LogP contribution is 2.46. The summed E-state index contributed by atoms with van der Waals surface area (Å²) >= 11 is 0.931. The van der Waals surface area contributed by atoms with E-state index in [4.69, 9.17) is 9.72 Å². The number of nitrogens with zero attached hydrogens (tertiary/aromatic N) is 4. The lowest BCUT2D eigenvalue weighted by Crippen LogP contribution is -2.57. The van der Waals surface area contributed by atoms with Gasteiger partial charge in [-0.2, -0.15) is 10.4 Å². The fraction of sp³-hybridized carbons (Fsp3) is 0.226. The molecule has 1 saturated heterocycles. The van der Waals surface area contributed by atoms with Crippen molar-refractivity contribution in [2.24, 2.45) is 10.2 Å². The lowest BCUT2D eigenvalue weighted by Gasteiger charge is -2.39. The van der Waals surface area contributed by atoms with Gasteiger partial charge in [-0.05, 0) is 24.6 Å². The molecule has 5 rings (SSSR count). The summed E-state index contributed by atoms with van der Waals surface area (Å²) in [6, 6.07) is 28.5. The molecule has 4 aromatic rings. The second-order valence-corrected chi connectivity index (χ2v) is 10.6. The van der Waals surface area contributed by atoms with Gasteiger partial charge in [0.1, 0.15) is 46.6 Å². The van der Waals surface area contributed by atoms with Crippen molar-refractivity contribution in [2.75, 3.05) is 6.61 Å². The average Bonchev–Trinajstić information content (AvgIpc) is 3.01. The molecule has 1 aliphatic heterocycles. The first-order valence-electron chi connectivity index (χ1n) is 13.0. The molecule has 208 valence electrons. The third kappa shape index (κ3) is 6.06. The summed E-state index contributed by atoms with van der Waals surface area (Å²) in [6.07, 6.45) is -5.66. The number of benzene rings is 3. The van der Waals surface area contributed by atoms with E-state index in [1.165, 1.54) is 0 Å². The fourth-order valence-corrected chi connectivity index (χ4v) is 5.65. The van der Waals surface area contributed by atoms with Gasteiger partial charge in [0, 0.05) is 11.1 Å². The van der Waals surface area contributed by atoms with Crippen LogP contribution in [0.1, 0.15) is 11.1 Å². The Labute approximate surface area is 241 Å². The molecule has 2 heterocycles. The van der Waals surface area contributed by atoms with Crippen molar-refractivity contribution in [1.29, 1.82) is 5.26 Å². The molecule has 9 nitrogen and oxygen atoms in total. The number of ether oxygens (including phenoxy) is 1. The van der Waals surface area contributed by atoms with Crippen molar-refractivity contribution in [1.82, 2.24) is 4.98 Å². The topological polar surface area (TPSA) is 152 Å². The van der Waals surface area contributed by atoms with Gasteiger partial charge < -0.3 is 25.2 Å². The quantitative estimate of drug-likeness (QED) is 0.230. The van der Waals surface area contributed by atoms with Crippen molar-refractivity contribution in [2.45, 2.75) is 41.8 Å². The molecule has 1 aromatic heterocycles. The van der Waals surface area contributed by atoms with Crippen LogP contribution in [0.15, 0.2) is 100 Å². The van der Waals surface area contributed by atoms with E-state index in [-0.39, 0.29) is 10.6 Å². The molecule has 0 bridgehead atoms. The Hall–Kier alpha value is -3.95. The number of thioether (sulfide) groups is 1. The van der Waals surface area contributed by atoms with Crippen molar-refractivity contribution >= 4 is 23.1 Å². The summed E-state index contributed by atoms with van der Waals surface area (Å²) in [5.74, 6) is 0. The fourth-order valence-electron chi connectivity index (χ4n) is 4.52. The third-order valence-corrected chi connectivity index (χ3v) is 7.88. The maximum Gasteiger partial charge on any atom is 0.138 e. The van der Waals surface area contributed by atoms with Crippen LogP contribution in [-0.2, 0) is 4.74 Å². The molecule has 0 radical (unpaired) electrons. The minimum absolute atomic E-state index is 0.177. The predicted octanol–water partition coefficient (Wildman–Crippen LogP) is 4.90. The molecule has 1 fully saturated rings. The Kier molecular flexibility index (Phi) is 8.85. The smallest absolute Gasteiger partial charge is 0.138 e. The van der Waals surface area contributed by atoms with Gasteiger partial charge in [-0.15, -0.1) is 5.11 Å². The standard InChI is InChI=1S/C31H28N4O5S/c1-18-12-14-21(15-13-18)34-35-26-24(19-8-4-2-5-9-19)22(16-32)30(33-25(26)20-10-6-3-7-11-20)41-31-29(39)28(38)27(37)23(17-36)40-31/h2-15,23,27-29,31,36-39H,17H2,1H3/t23-,27-,28+,29-,31+/m1/s1. The number of aliphatic hydroxyl groups excluding tert-OH is 4. The van der Waals surface area contributed by atoms with Gasteiger partial charge in [-0.25, -0.2) is 4.98 Å². The Morgan fingerprint density at radius 1 is 0.854 bits per heavy atom. The second kappa shape index (κ2) is 12.7. The highest BCUT2D eigenvalue weighted by atomic mass is 32.2. The zero-order chi connectivity index (χ0) is 28.9. The van der Waals surface area contributed by atoms with Gasteiger partial charge >= 0.3 is 0 Å². The van der Waals surface area contributed by atoms with Crippen LogP contribution in [0.5, 0.6) is 0 Å². The van der Waals surface area contributed by atoms with Crippen molar-refractivity contribution in [3.05, 3.63) is 96.1 Å². The van der Waals surface area contributed by atoms with Crippen LogP contribution in [-0.4, -0.2) is 61.9 Å². The number of hydrogen-bond donors (Lipinski definition) is 4. The highest BCUT2D eigenvalue weighted by Gasteiger charge is 2.44. The third-order valence-electron chi connectivity index (χ3n) is 6.74. The molecule has 10 heteroatoms. The molecule has 0 spiro atoms. The number of aryl methyl sites for hydroxylation is 1. The SMILES string of the molecule is Cc1ccc(N=Nc2c(-c3ccccc3)nc(S[C@@H]3O[C@H](CO)[C@@H](O)[C@H](O)[C@H]3O)c(C#N)c2-c2ccccc2)cc1. The minimum atomic E-state index is -1.56. The maximum atomic E-state index is 10.7. The van der Waals surface area contributed by atoms with E-state index in [9.17, 15) is 25.7 Å². The Bertz CT molecular complexity index is 1560. The van der Waals surface area contributed by atoms with E-state index in [0.29, 0.717) is 28.2 Å². The Balaban J connectivity index is 1.72. The summed E-state index contributed by atoms with van der Waals surface area (Å²) in [7, 11) is 0. The number of aromatic nitrogens is 1. The molecule has 0 unspecified atom stereocenters. The largest absolute Gasteiger partial charge is 0.394 e. The highest BCUT2D eigenvalue weighted by molar-refractivity contribution is 7.99. The molecular formula is C31H28N4O5S. The van der Waals surface area contributed by atoms with Crippen molar-refractivity contribution in [3.8, 4) is 28.5 Å². The molecule has 5 atom stereocenters. The van der Waals surface area contributed by atoms with Crippen LogP contribution in [0.3, 0.4) is 0 Å². The second-order valence-electron chi connectivity index (χ2n) is 9.56. The van der Waals surface area contributed by atoms with Crippen LogP contribution in [0.4, 0.5) is 11.4 Å². The molecule has 3 aromatic carbocycles. The predicted molar refractivity (Wildman–Crippen MR) is 155 cm³/mol. The summed E-state index contributed by atoms with van der Waals surface area (Å²) in [5, 5.41) is 60.8. The summed E-state index contributed by atoms with van der Waals surface area (Å²) < 4.78 is 5.73. The average molecular weight is 569 g/mol. The monoisotopic (exact) mass is 568 g/mol. The van der Waals surface area contributed by atoms with E-state index in [1.807, 2.05) is 91.9 Å². The number of nitriles is 1. The first-order valence-corrected chi connectivity index (χ1v) is 13.8. The Morgan fingerprint density at radius 3 is 2.10 bits per heavy atom. The zero-order valence-corrected chi connectivity index (χ0v) is 22.9. The summed E-state index contributed by atoms with van der Waals surface area (Å²) in [6.45, 7) is 1.42. The van der Waals surface area contributed by atoms with Crippen molar-refractivity contribution < 1.29 is 25.2 Å². The normalized spacial score (nSPS) is 22.5. The summed E-state index contributed by atoms with van der Waals surface area (Å²) in [4.78, 5) is 4.84. The lowest BCUT2D eigenvalue weighted by atomic mass is 9.96. The van der Waals surface area contributed by atoms with Gasteiger partial charge in [0.15, 0.2) is 0 Å². The number of aliphatic hydroxyl groups is 4. The molecule has 0 amide bonds. The van der Waals surface area contributed by atoms with Crippen molar-refractivity contribution in [3.63, 3.8) is 0 Å². The first kappa shape index (κ1) is 28.6. The first-order chi connectivity index (χ1) is 19.9. The number of rotatable bonds is 7. The minimum Gasteiger partial charge on any atom is -0.394 e. The van der Waals surface area contributed by atoms with E-state index in [0.717, 1.165) is 22.9 Å². The van der Waals surface area contributed by atoms with Crippen LogP contribution >= 0.6 is 11.8 Å². The van der Waals surface area contributed by atoms with Gasteiger partial charge in [-0.3, -0.25) is 0 Å². The summed E-state index contributed by atoms with van der Waals surface area (Å²) in [5.41, 5.74) is 3.52. The zero-order valence-electron chi connectivity index (χ0n) is 22.1. The number of pyridine rings is 1. The van der Waals surface area contributed by atoms with E-state index >= 15 is 0 Å². The van der Waals surface area contributed by atoms with Crippen LogP contribution in [0.2, 0.25) is 0 Å². The molecular weight excluding hydrogens is 540 g/mol. The molecule has 0 aliphatic carbocycles. The van der Waals surface area contributed by atoms with Gasteiger partial charge in [0.2, 0.25) is 0 Å². The number of hydrogen-bond acceptors (Lipinski definition) is 10. The van der Waals surface area contributed by atoms with Crippen LogP contribution in [0.25, 0.3) is 22.4 Å². The van der Waals surface area contributed by atoms with Crippen LogP contribution in [0, 0.1) is 18.3 Å². The van der Waals surface area contributed by atoms with Gasteiger partial charge in [-0.1, -0.05) is 90.1 Å². The molecule has 4 N–H and O–H groups in total. The lowest BCUT2D eigenvalue weighted by molar-refractivity contribution is -0.205. The van der Waals surface area contributed by atoms with Gasteiger partial charge in [0.25, 0.3) is 0 Å². The van der Waals surface area contributed by atoms with E-state index in [2.05, 4.69) is 16.3 Å². The Morgan fingerprint density at radius 2 is 1.49 bits per heavy atom. The van der Waals surface area contributed by atoms with Gasteiger partial charge in [0.05, 0.1) is 23.6 Å². The van der Waals surface area contributed by atoms with E-state index < -0.39 is 36.5 Å². The molecule has 41 heavy (non-hydrogen) atoms. The molecule has 0 saturated carbocycles. The molecule has 1 aliphatic rings. The maximum absolute atomic E-state index is 10.7. The number of azo groups is 1.